The largest absolute Gasteiger partial charge is 0.492 e. The number of para-hydroxylation sites is 2. The predicted molar refractivity (Wildman–Crippen MR) is 139 cm³/mol. The van der Waals surface area contributed by atoms with Gasteiger partial charge in [-0.1, -0.05) is 43.3 Å². The monoisotopic (exact) mass is 503 g/mol. The maximum absolute atomic E-state index is 13.7. The molecule has 35 heavy (non-hydrogen) atoms. The first kappa shape index (κ1) is 28.2. The summed E-state index contributed by atoms with van der Waals surface area (Å²) in [4.78, 5) is 28.1. The Morgan fingerprint density at radius 1 is 1.03 bits per heavy atom. The SMILES string of the molecule is CCOc1ccccc1N(CC(=O)N(Cc1ccccc1C)[C@H](C)C(=O)N[C@H](C)CC)S(C)(=O)=O. The average molecular weight is 504 g/mol. The summed E-state index contributed by atoms with van der Waals surface area (Å²) >= 11 is 0. The van der Waals surface area contributed by atoms with Crippen LogP contribution in [0.4, 0.5) is 5.69 Å². The first-order valence-electron chi connectivity index (χ1n) is 11.8. The Balaban J connectivity index is 2.45. The molecule has 0 heterocycles. The van der Waals surface area contributed by atoms with Crippen LogP contribution in [0.25, 0.3) is 0 Å². The van der Waals surface area contributed by atoms with Gasteiger partial charge in [0.1, 0.15) is 18.3 Å². The van der Waals surface area contributed by atoms with E-state index in [0.29, 0.717) is 12.4 Å². The number of amides is 2. The number of nitrogens with one attached hydrogen (secondary N) is 1. The first-order chi connectivity index (χ1) is 16.5. The van der Waals surface area contributed by atoms with Crippen LogP contribution in [0, 0.1) is 6.92 Å². The van der Waals surface area contributed by atoms with E-state index in [9.17, 15) is 18.0 Å². The van der Waals surface area contributed by atoms with Crippen molar-refractivity contribution in [1.82, 2.24) is 10.2 Å². The summed E-state index contributed by atoms with van der Waals surface area (Å²) in [5.41, 5.74) is 2.13. The molecule has 2 amide bonds. The molecule has 2 aromatic rings. The number of anilines is 1. The first-order valence-corrected chi connectivity index (χ1v) is 13.7. The van der Waals surface area contributed by atoms with Crippen molar-refractivity contribution in [2.45, 2.75) is 59.7 Å². The van der Waals surface area contributed by atoms with E-state index in [1.807, 2.05) is 45.0 Å². The van der Waals surface area contributed by atoms with Gasteiger partial charge in [0, 0.05) is 12.6 Å². The number of hydrogen-bond donors (Lipinski definition) is 1. The number of carbonyl (C=O) groups excluding carboxylic acids is 2. The van der Waals surface area contributed by atoms with Crippen molar-refractivity contribution in [3.05, 3.63) is 59.7 Å². The third kappa shape index (κ3) is 7.71. The molecule has 0 spiro atoms. The van der Waals surface area contributed by atoms with E-state index in [-0.39, 0.29) is 24.2 Å². The third-order valence-electron chi connectivity index (χ3n) is 5.88. The second-order valence-corrected chi connectivity index (χ2v) is 10.5. The minimum atomic E-state index is -3.83. The van der Waals surface area contributed by atoms with Gasteiger partial charge >= 0.3 is 0 Å². The summed E-state index contributed by atoms with van der Waals surface area (Å²) in [5.74, 6) is -0.417. The molecule has 0 bridgehead atoms. The molecule has 1 N–H and O–H groups in total. The van der Waals surface area contributed by atoms with Crippen LogP contribution in [-0.4, -0.2) is 56.6 Å². The molecule has 0 aromatic heterocycles. The van der Waals surface area contributed by atoms with Crippen molar-refractivity contribution >= 4 is 27.5 Å². The normalized spacial score (nSPS) is 13.0. The number of carbonyl (C=O) groups is 2. The minimum Gasteiger partial charge on any atom is -0.492 e. The molecule has 0 aliphatic carbocycles. The van der Waals surface area contributed by atoms with Gasteiger partial charge in [-0.25, -0.2) is 8.42 Å². The van der Waals surface area contributed by atoms with Crippen LogP contribution >= 0.6 is 0 Å². The zero-order valence-electron chi connectivity index (χ0n) is 21.4. The molecular formula is C26H37N3O5S. The Hall–Kier alpha value is -3.07. The van der Waals surface area contributed by atoms with E-state index in [1.54, 1.807) is 38.1 Å². The summed E-state index contributed by atoms with van der Waals surface area (Å²) in [6.45, 7) is 9.31. The molecule has 2 atom stereocenters. The maximum atomic E-state index is 13.7. The maximum Gasteiger partial charge on any atom is 0.244 e. The van der Waals surface area contributed by atoms with Crippen molar-refractivity contribution in [3.63, 3.8) is 0 Å². The summed E-state index contributed by atoms with van der Waals surface area (Å²) in [5, 5.41) is 2.92. The van der Waals surface area contributed by atoms with Crippen molar-refractivity contribution in [2.24, 2.45) is 0 Å². The van der Waals surface area contributed by atoms with Gasteiger partial charge in [0.2, 0.25) is 21.8 Å². The highest BCUT2D eigenvalue weighted by Gasteiger charge is 2.31. The lowest BCUT2D eigenvalue weighted by atomic mass is 10.1. The van der Waals surface area contributed by atoms with Crippen molar-refractivity contribution in [1.29, 1.82) is 0 Å². The third-order valence-corrected chi connectivity index (χ3v) is 7.01. The Kier molecular flexibility index (Phi) is 10.1. The van der Waals surface area contributed by atoms with Crippen LogP contribution in [0.15, 0.2) is 48.5 Å². The quantitative estimate of drug-likeness (QED) is 0.478. The highest BCUT2D eigenvalue weighted by Crippen LogP contribution is 2.30. The number of rotatable bonds is 12. The smallest absolute Gasteiger partial charge is 0.244 e. The van der Waals surface area contributed by atoms with Crippen molar-refractivity contribution < 1.29 is 22.7 Å². The molecule has 0 fully saturated rings. The molecule has 2 aromatic carbocycles. The van der Waals surface area contributed by atoms with E-state index in [0.717, 1.165) is 28.1 Å². The highest BCUT2D eigenvalue weighted by molar-refractivity contribution is 7.92. The average Bonchev–Trinajstić information content (AvgIpc) is 2.81. The molecule has 8 nitrogen and oxygen atoms in total. The molecule has 0 unspecified atom stereocenters. The topological polar surface area (TPSA) is 96.0 Å². The Morgan fingerprint density at radius 3 is 2.26 bits per heavy atom. The summed E-state index contributed by atoms with van der Waals surface area (Å²) in [7, 11) is -3.83. The van der Waals surface area contributed by atoms with Gasteiger partial charge in [-0.05, 0) is 57.4 Å². The molecule has 192 valence electrons. The lowest BCUT2D eigenvalue weighted by Gasteiger charge is -2.32. The Labute approximate surface area is 209 Å². The zero-order valence-corrected chi connectivity index (χ0v) is 22.3. The summed E-state index contributed by atoms with van der Waals surface area (Å²) < 4.78 is 32.2. The number of benzene rings is 2. The van der Waals surface area contributed by atoms with E-state index in [2.05, 4.69) is 5.32 Å². The highest BCUT2D eigenvalue weighted by atomic mass is 32.2. The van der Waals surface area contributed by atoms with Gasteiger partial charge in [-0.15, -0.1) is 0 Å². The summed E-state index contributed by atoms with van der Waals surface area (Å²) in [6, 6.07) is 13.4. The zero-order chi connectivity index (χ0) is 26.2. The second-order valence-electron chi connectivity index (χ2n) is 8.61. The van der Waals surface area contributed by atoms with Gasteiger partial charge in [0.05, 0.1) is 18.6 Å². The van der Waals surface area contributed by atoms with E-state index < -0.39 is 28.5 Å². The van der Waals surface area contributed by atoms with Gasteiger partial charge < -0.3 is 15.0 Å². The number of aryl methyl sites for hydroxylation is 1. The number of nitrogens with zero attached hydrogens (tertiary/aromatic N) is 2. The lowest BCUT2D eigenvalue weighted by molar-refractivity contribution is -0.139. The molecule has 0 radical (unpaired) electrons. The fraction of sp³-hybridized carbons (Fsp3) is 0.462. The molecule has 2 rings (SSSR count). The molecular weight excluding hydrogens is 466 g/mol. The van der Waals surface area contributed by atoms with Crippen LogP contribution in [-0.2, 0) is 26.2 Å². The van der Waals surface area contributed by atoms with Crippen molar-refractivity contribution in [3.8, 4) is 5.75 Å². The van der Waals surface area contributed by atoms with Gasteiger partial charge in [0.15, 0.2) is 0 Å². The standard InChI is InChI=1S/C26H37N3O5S/c1-7-20(4)27-26(31)21(5)28(17-22-14-10-9-13-19(22)3)25(30)18-29(35(6,32)33)23-15-11-12-16-24(23)34-8-2/h9-16,20-21H,7-8,17-18H2,1-6H3,(H,27,31)/t20-,21-/m1/s1. The van der Waals surface area contributed by atoms with Gasteiger partial charge in [-0.2, -0.15) is 0 Å². The molecule has 0 aliphatic heterocycles. The van der Waals surface area contributed by atoms with E-state index >= 15 is 0 Å². The second kappa shape index (κ2) is 12.6. The Morgan fingerprint density at radius 2 is 1.66 bits per heavy atom. The lowest BCUT2D eigenvalue weighted by Crippen LogP contribution is -2.52. The molecule has 0 aliphatic rings. The van der Waals surface area contributed by atoms with Crippen LogP contribution in [0.1, 0.15) is 45.2 Å². The fourth-order valence-electron chi connectivity index (χ4n) is 3.55. The van der Waals surface area contributed by atoms with E-state index in [1.165, 1.54) is 4.90 Å². The van der Waals surface area contributed by atoms with E-state index in [4.69, 9.17) is 4.74 Å². The minimum absolute atomic E-state index is 0.0500. The van der Waals surface area contributed by atoms with Crippen LogP contribution in [0.5, 0.6) is 5.75 Å². The Bertz CT molecular complexity index is 1120. The van der Waals surface area contributed by atoms with Gasteiger partial charge in [0.25, 0.3) is 0 Å². The number of hydrogen-bond acceptors (Lipinski definition) is 5. The molecule has 9 heteroatoms. The molecule has 0 saturated carbocycles. The van der Waals surface area contributed by atoms with Crippen molar-refractivity contribution in [2.75, 3.05) is 23.7 Å². The van der Waals surface area contributed by atoms with Crippen LogP contribution < -0.4 is 14.4 Å². The van der Waals surface area contributed by atoms with Crippen LogP contribution in [0.2, 0.25) is 0 Å². The van der Waals surface area contributed by atoms with Crippen LogP contribution in [0.3, 0.4) is 0 Å². The fourth-order valence-corrected chi connectivity index (χ4v) is 4.41. The number of ether oxygens (including phenoxy) is 1. The number of sulfonamides is 1. The predicted octanol–water partition coefficient (Wildman–Crippen LogP) is 3.49. The van der Waals surface area contributed by atoms with Gasteiger partial charge in [-0.3, -0.25) is 13.9 Å². The summed E-state index contributed by atoms with van der Waals surface area (Å²) in [6.07, 6.45) is 1.80. The molecule has 0 saturated heterocycles.